The lowest BCUT2D eigenvalue weighted by atomic mass is 10.0. The van der Waals surface area contributed by atoms with Gasteiger partial charge in [-0.25, -0.2) is 4.79 Å². The number of hydrogen-bond acceptors (Lipinski definition) is 10. The molecular weight excluding hydrogens is 560 g/mol. The van der Waals surface area contributed by atoms with Gasteiger partial charge in [0.15, 0.2) is 0 Å². The monoisotopic (exact) mass is 602 g/mol. The van der Waals surface area contributed by atoms with E-state index < -0.39 is 104 Å². The minimum atomic E-state index is -1.64. The highest BCUT2D eigenvalue weighted by atomic mass is 16.4. The Morgan fingerprint density at radius 3 is 2.12 bits per heavy atom. The number of carbonyl (C=O) groups is 7. The van der Waals surface area contributed by atoms with Crippen LogP contribution in [0.1, 0.15) is 52.9 Å². The Morgan fingerprint density at radius 2 is 1.60 bits per heavy atom. The van der Waals surface area contributed by atoms with E-state index in [9.17, 15) is 43.8 Å². The van der Waals surface area contributed by atoms with Crippen molar-refractivity contribution >= 4 is 41.5 Å². The molecule has 0 aliphatic carbocycles. The molecule has 1 saturated heterocycles. The highest BCUT2D eigenvalue weighted by Gasteiger charge is 2.38. The number of nitrogens with two attached hydrogens (primary N) is 1. The highest BCUT2D eigenvalue weighted by Crippen LogP contribution is 2.20. The second kappa shape index (κ2) is 17.2. The van der Waals surface area contributed by atoms with Gasteiger partial charge in [0.25, 0.3) is 0 Å². The fraction of sp³-hybridized carbons (Fsp3) is 0.720. The predicted molar refractivity (Wildman–Crippen MR) is 144 cm³/mol. The highest BCUT2D eigenvalue weighted by molar-refractivity contribution is 5.96. The lowest BCUT2D eigenvalue weighted by molar-refractivity contribution is -0.143. The smallest absolute Gasteiger partial charge is 0.326 e. The van der Waals surface area contributed by atoms with E-state index in [0.29, 0.717) is 25.8 Å². The zero-order chi connectivity index (χ0) is 32.1. The van der Waals surface area contributed by atoms with Crippen molar-refractivity contribution in [3.05, 3.63) is 0 Å². The van der Waals surface area contributed by atoms with Crippen LogP contribution in [0.25, 0.3) is 0 Å². The summed E-state index contributed by atoms with van der Waals surface area (Å²) < 4.78 is 0. The number of carboxylic acid groups (broad SMARTS) is 2. The molecule has 0 radical (unpaired) electrons. The standard InChI is InChI=1S/C25H42N6O11/c1-12(2)9-14(26)24(40)31-8-4-5-17(31)22(38)29-16(11-32)21(37)30-20(13(3)33)23(39)27-10-18(34)28-15(25(41)42)6-7-19(35)36/h12-17,20,32-33H,4-11,26H2,1-3H3,(H,27,39)(H,28,34)(H,29,38)(H,30,37)(H,35,36)(H,41,42). The summed E-state index contributed by atoms with van der Waals surface area (Å²) >= 11 is 0. The summed E-state index contributed by atoms with van der Waals surface area (Å²) in [6, 6.07) is -6.44. The van der Waals surface area contributed by atoms with E-state index in [1.54, 1.807) is 0 Å². The maximum absolute atomic E-state index is 12.9. The van der Waals surface area contributed by atoms with Gasteiger partial charge in [-0.2, -0.15) is 0 Å². The fourth-order valence-electron chi connectivity index (χ4n) is 4.29. The van der Waals surface area contributed by atoms with Crippen molar-refractivity contribution in [2.45, 2.75) is 89.2 Å². The number of nitrogens with one attached hydrogen (secondary N) is 4. The van der Waals surface area contributed by atoms with E-state index in [2.05, 4.69) is 21.3 Å². The fourth-order valence-corrected chi connectivity index (χ4v) is 4.29. The summed E-state index contributed by atoms with van der Waals surface area (Å²) in [6.45, 7) is 3.62. The van der Waals surface area contributed by atoms with Crippen molar-refractivity contribution in [2.24, 2.45) is 11.7 Å². The van der Waals surface area contributed by atoms with Gasteiger partial charge in [-0.15, -0.1) is 0 Å². The van der Waals surface area contributed by atoms with Crippen LogP contribution in [0.5, 0.6) is 0 Å². The van der Waals surface area contributed by atoms with Crippen LogP contribution >= 0.6 is 0 Å². The molecule has 6 unspecified atom stereocenters. The van der Waals surface area contributed by atoms with Gasteiger partial charge < -0.3 is 52.3 Å². The van der Waals surface area contributed by atoms with E-state index in [-0.39, 0.29) is 5.92 Å². The quantitative estimate of drug-likeness (QED) is 0.0776. The largest absolute Gasteiger partial charge is 0.481 e. The minimum Gasteiger partial charge on any atom is -0.481 e. The summed E-state index contributed by atoms with van der Waals surface area (Å²) in [5, 5.41) is 46.3. The van der Waals surface area contributed by atoms with Crippen LogP contribution in [-0.2, 0) is 33.6 Å². The molecule has 10 N–H and O–H groups in total. The van der Waals surface area contributed by atoms with Gasteiger partial charge in [-0.05, 0) is 38.5 Å². The first-order chi connectivity index (χ1) is 19.6. The van der Waals surface area contributed by atoms with E-state index >= 15 is 0 Å². The minimum absolute atomic E-state index is 0.153. The number of aliphatic hydroxyl groups excluding tert-OH is 2. The molecule has 0 aromatic heterocycles. The average Bonchev–Trinajstić information content (AvgIpc) is 3.39. The Balaban J connectivity index is 2.78. The third-order valence-corrected chi connectivity index (χ3v) is 6.46. The second-order valence-electron chi connectivity index (χ2n) is 10.5. The van der Waals surface area contributed by atoms with Gasteiger partial charge in [0.1, 0.15) is 24.2 Å². The van der Waals surface area contributed by atoms with Gasteiger partial charge in [0.05, 0.1) is 25.3 Å². The third-order valence-electron chi connectivity index (χ3n) is 6.46. The Morgan fingerprint density at radius 1 is 0.952 bits per heavy atom. The SMILES string of the molecule is CC(C)CC(N)C(=O)N1CCCC1C(=O)NC(CO)C(=O)NC(C(=O)NCC(=O)NC(CCC(=O)O)C(=O)O)C(C)O. The van der Waals surface area contributed by atoms with Crippen molar-refractivity contribution in [3.63, 3.8) is 0 Å². The van der Waals surface area contributed by atoms with Crippen LogP contribution in [0, 0.1) is 5.92 Å². The summed E-state index contributed by atoms with van der Waals surface area (Å²) in [5.74, 6) is -6.76. The molecule has 0 aromatic rings. The molecule has 17 nitrogen and oxygen atoms in total. The number of amides is 5. The van der Waals surface area contributed by atoms with E-state index in [4.69, 9.17) is 15.9 Å². The summed E-state index contributed by atoms with van der Waals surface area (Å²) in [6.07, 6.45) is -1.17. The maximum atomic E-state index is 12.9. The van der Waals surface area contributed by atoms with Crippen LogP contribution in [0.15, 0.2) is 0 Å². The van der Waals surface area contributed by atoms with Gasteiger partial charge in [-0.3, -0.25) is 28.8 Å². The number of aliphatic hydroxyl groups is 2. The van der Waals surface area contributed by atoms with E-state index in [0.717, 1.165) is 6.92 Å². The van der Waals surface area contributed by atoms with Crippen molar-refractivity contribution in [2.75, 3.05) is 19.7 Å². The molecule has 1 heterocycles. The molecule has 17 heteroatoms. The summed E-state index contributed by atoms with van der Waals surface area (Å²) in [5.41, 5.74) is 5.99. The number of likely N-dealkylation sites (tertiary alicyclic amines) is 1. The number of aliphatic carboxylic acids is 2. The lowest BCUT2D eigenvalue weighted by Gasteiger charge is -2.29. The number of hydrogen-bond donors (Lipinski definition) is 9. The molecule has 1 aliphatic rings. The molecule has 0 spiro atoms. The van der Waals surface area contributed by atoms with E-state index in [1.807, 2.05) is 13.8 Å². The molecule has 6 atom stereocenters. The second-order valence-corrected chi connectivity index (χ2v) is 10.5. The zero-order valence-corrected chi connectivity index (χ0v) is 23.9. The van der Waals surface area contributed by atoms with Crippen LogP contribution in [-0.4, -0.2) is 123 Å². The third kappa shape index (κ3) is 11.6. The Hall–Kier alpha value is -3.83. The molecular formula is C25H42N6O11. The molecule has 42 heavy (non-hydrogen) atoms. The van der Waals surface area contributed by atoms with Crippen molar-refractivity contribution in [1.82, 2.24) is 26.2 Å². The molecule has 0 saturated carbocycles. The summed E-state index contributed by atoms with van der Waals surface area (Å²) in [4.78, 5) is 86.4. The first kappa shape index (κ1) is 36.2. The molecule has 0 bridgehead atoms. The Bertz CT molecular complexity index is 1010. The van der Waals surface area contributed by atoms with E-state index in [1.165, 1.54) is 4.90 Å². The Labute approximate surface area is 242 Å². The number of rotatable bonds is 17. The number of carbonyl (C=O) groups excluding carboxylic acids is 5. The van der Waals surface area contributed by atoms with Crippen molar-refractivity contribution in [3.8, 4) is 0 Å². The van der Waals surface area contributed by atoms with Crippen molar-refractivity contribution < 1.29 is 54.0 Å². The van der Waals surface area contributed by atoms with Crippen LogP contribution in [0.2, 0.25) is 0 Å². The van der Waals surface area contributed by atoms with Gasteiger partial charge in [0, 0.05) is 13.0 Å². The molecule has 1 fully saturated rings. The first-order valence-electron chi connectivity index (χ1n) is 13.6. The molecule has 1 rings (SSSR count). The number of carboxylic acids is 2. The average molecular weight is 603 g/mol. The molecule has 1 aliphatic heterocycles. The summed E-state index contributed by atoms with van der Waals surface area (Å²) in [7, 11) is 0. The van der Waals surface area contributed by atoms with Crippen molar-refractivity contribution in [1.29, 1.82) is 0 Å². The Kier molecular flexibility index (Phi) is 14.8. The van der Waals surface area contributed by atoms with Crippen LogP contribution in [0.4, 0.5) is 0 Å². The molecule has 0 aromatic carbocycles. The van der Waals surface area contributed by atoms with Gasteiger partial charge in [-0.1, -0.05) is 13.8 Å². The number of nitrogens with zero attached hydrogens (tertiary/aromatic N) is 1. The first-order valence-corrected chi connectivity index (χ1v) is 13.6. The predicted octanol–water partition coefficient (Wildman–Crippen LogP) is -3.76. The topological polar surface area (TPSA) is 278 Å². The maximum Gasteiger partial charge on any atom is 0.326 e. The van der Waals surface area contributed by atoms with Gasteiger partial charge in [0.2, 0.25) is 29.5 Å². The van der Waals surface area contributed by atoms with Gasteiger partial charge >= 0.3 is 11.9 Å². The normalized spacial score (nSPS) is 18.3. The van der Waals surface area contributed by atoms with Crippen LogP contribution in [0.3, 0.4) is 0 Å². The lowest BCUT2D eigenvalue weighted by Crippen LogP contribution is -2.60. The van der Waals surface area contributed by atoms with Crippen LogP contribution < -0.4 is 27.0 Å². The zero-order valence-electron chi connectivity index (χ0n) is 23.9. The molecule has 5 amide bonds. The molecule has 238 valence electrons.